The van der Waals surface area contributed by atoms with Gasteiger partial charge < -0.3 is 9.13 Å². The maximum absolute atomic E-state index is 10.7. The second-order valence-electron chi connectivity index (χ2n) is 14.4. The van der Waals surface area contributed by atoms with Crippen molar-refractivity contribution in [2.24, 2.45) is 0 Å². The molecule has 0 atom stereocenters. The van der Waals surface area contributed by atoms with Crippen LogP contribution in [-0.2, 0) is 0 Å². The molecule has 0 amide bonds. The molecule has 11 rings (SSSR count). The Morgan fingerprint density at radius 2 is 0.897 bits per heavy atom. The lowest BCUT2D eigenvalue weighted by Crippen LogP contribution is -2.00. The summed E-state index contributed by atoms with van der Waals surface area (Å²) in [5.41, 5.74) is 11.5. The van der Waals surface area contributed by atoms with E-state index in [9.17, 15) is 5.26 Å². The molecule has 0 spiro atoms. The molecule has 0 bridgehead atoms. The third-order valence-corrected chi connectivity index (χ3v) is 11.0. The van der Waals surface area contributed by atoms with E-state index in [0.717, 1.165) is 72.0 Å². The van der Waals surface area contributed by atoms with E-state index in [1.54, 1.807) is 0 Å². The highest BCUT2D eigenvalue weighted by Crippen LogP contribution is 2.43. The van der Waals surface area contributed by atoms with Crippen molar-refractivity contribution >= 4 is 43.6 Å². The average molecular weight is 741 g/mol. The number of nitrogens with zero attached hydrogens (tertiary/aromatic N) is 6. The van der Waals surface area contributed by atoms with Gasteiger partial charge in [0.25, 0.3) is 0 Å². The number of aromatic nitrogens is 5. The predicted octanol–water partition coefficient (Wildman–Crippen LogP) is 12.6. The molecule has 0 aliphatic carbocycles. The van der Waals surface area contributed by atoms with Crippen molar-refractivity contribution in [3.05, 3.63) is 200 Å². The van der Waals surface area contributed by atoms with Crippen LogP contribution in [0.15, 0.2) is 194 Å². The Morgan fingerprint density at radius 1 is 0.379 bits per heavy atom. The summed E-state index contributed by atoms with van der Waals surface area (Å²) in [4.78, 5) is 14.7. The molecule has 11 aromatic rings. The number of benzene rings is 8. The lowest BCUT2D eigenvalue weighted by atomic mass is 9.96. The van der Waals surface area contributed by atoms with Gasteiger partial charge in [0.1, 0.15) is 0 Å². The van der Waals surface area contributed by atoms with Crippen LogP contribution in [-0.4, -0.2) is 24.1 Å². The average Bonchev–Trinajstić information content (AvgIpc) is 3.82. The molecule has 0 aliphatic rings. The van der Waals surface area contributed by atoms with Gasteiger partial charge in [-0.25, -0.2) is 15.0 Å². The fraction of sp³-hybridized carbons (Fsp3) is 0. The summed E-state index contributed by atoms with van der Waals surface area (Å²) in [6.07, 6.45) is 0. The highest BCUT2D eigenvalue weighted by atomic mass is 15.0. The van der Waals surface area contributed by atoms with Crippen molar-refractivity contribution in [1.82, 2.24) is 24.1 Å². The third-order valence-electron chi connectivity index (χ3n) is 11.0. The van der Waals surface area contributed by atoms with Gasteiger partial charge in [0.15, 0.2) is 17.5 Å². The minimum Gasteiger partial charge on any atom is -0.309 e. The van der Waals surface area contributed by atoms with Crippen molar-refractivity contribution in [2.75, 3.05) is 0 Å². The number of hydrogen-bond donors (Lipinski definition) is 0. The van der Waals surface area contributed by atoms with Crippen LogP contribution in [0.3, 0.4) is 0 Å². The standard InChI is InChI=1S/C52H32N6/c53-33-38-31-37(52-55-50(34-15-5-1-6-16-34)54-51(56-52)35-17-7-2-8-18-35)25-27-41(38)36-26-29-46-44(32-36)48-47(57(46)39-19-9-3-10-20-39)30-28-43-42-23-13-14-24-45(42)58(49(43)48)40-21-11-4-12-22-40/h1-32H. The third kappa shape index (κ3) is 5.37. The Balaban J connectivity index is 1.14. The largest absolute Gasteiger partial charge is 0.309 e. The van der Waals surface area contributed by atoms with Crippen molar-refractivity contribution < 1.29 is 0 Å². The SMILES string of the molecule is N#Cc1cc(-c2nc(-c3ccccc3)nc(-c3ccccc3)n2)ccc1-c1ccc2c(c1)c1c(ccc3c4ccccc4n(-c4ccccc4)c31)n2-c1ccccc1. The molecule has 0 fully saturated rings. The Morgan fingerprint density at radius 3 is 1.53 bits per heavy atom. The lowest BCUT2D eigenvalue weighted by Gasteiger charge is -2.11. The maximum Gasteiger partial charge on any atom is 0.164 e. The zero-order valence-electron chi connectivity index (χ0n) is 31.2. The van der Waals surface area contributed by atoms with Crippen molar-refractivity contribution in [1.29, 1.82) is 5.26 Å². The van der Waals surface area contributed by atoms with Gasteiger partial charge in [-0.2, -0.15) is 5.26 Å². The maximum atomic E-state index is 10.7. The summed E-state index contributed by atoms with van der Waals surface area (Å²) in [6.45, 7) is 0. The van der Waals surface area contributed by atoms with Crippen LogP contribution in [0.5, 0.6) is 0 Å². The second kappa shape index (κ2) is 13.6. The van der Waals surface area contributed by atoms with E-state index in [0.29, 0.717) is 23.0 Å². The van der Waals surface area contributed by atoms with Crippen molar-refractivity contribution in [3.63, 3.8) is 0 Å². The minimum absolute atomic E-state index is 0.508. The van der Waals surface area contributed by atoms with E-state index in [-0.39, 0.29) is 0 Å². The fourth-order valence-corrected chi connectivity index (χ4v) is 8.39. The van der Waals surface area contributed by atoms with Crippen molar-refractivity contribution in [2.45, 2.75) is 0 Å². The van der Waals surface area contributed by atoms with Crippen LogP contribution < -0.4 is 0 Å². The molecule has 0 N–H and O–H groups in total. The second-order valence-corrected chi connectivity index (χ2v) is 14.4. The van der Waals surface area contributed by atoms with Crippen LogP contribution in [0.2, 0.25) is 0 Å². The van der Waals surface area contributed by atoms with E-state index in [1.807, 2.05) is 78.9 Å². The first-order chi connectivity index (χ1) is 28.7. The smallest absolute Gasteiger partial charge is 0.164 e. The summed E-state index contributed by atoms with van der Waals surface area (Å²) >= 11 is 0. The van der Waals surface area contributed by atoms with Crippen LogP contribution in [0.4, 0.5) is 0 Å². The Kier molecular flexibility index (Phi) is 7.76. The molecule has 3 heterocycles. The monoisotopic (exact) mass is 740 g/mol. The Hall–Kier alpha value is -8.14. The first-order valence-corrected chi connectivity index (χ1v) is 19.3. The van der Waals surface area contributed by atoms with Gasteiger partial charge in [-0.05, 0) is 65.7 Å². The summed E-state index contributed by atoms with van der Waals surface area (Å²) < 4.78 is 4.75. The fourth-order valence-electron chi connectivity index (χ4n) is 8.39. The van der Waals surface area contributed by atoms with Gasteiger partial charge in [0.05, 0.1) is 33.7 Å². The van der Waals surface area contributed by atoms with Crippen LogP contribution >= 0.6 is 0 Å². The van der Waals surface area contributed by atoms with E-state index in [4.69, 9.17) is 15.0 Å². The molecular formula is C52H32N6. The molecule has 0 saturated carbocycles. The quantitative estimate of drug-likeness (QED) is 0.170. The van der Waals surface area contributed by atoms with E-state index >= 15 is 0 Å². The van der Waals surface area contributed by atoms with Gasteiger partial charge in [-0.15, -0.1) is 0 Å². The van der Waals surface area contributed by atoms with Gasteiger partial charge in [0.2, 0.25) is 0 Å². The zero-order valence-corrected chi connectivity index (χ0v) is 31.2. The number of hydrogen-bond acceptors (Lipinski definition) is 4. The zero-order chi connectivity index (χ0) is 38.6. The first-order valence-electron chi connectivity index (χ1n) is 19.3. The van der Waals surface area contributed by atoms with E-state index in [2.05, 4.69) is 130 Å². The molecule has 0 unspecified atom stereocenters. The van der Waals surface area contributed by atoms with Crippen molar-refractivity contribution in [3.8, 4) is 62.7 Å². The summed E-state index contributed by atoms with van der Waals surface area (Å²) in [7, 11) is 0. The number of rotatable bonds is 6. The molecule has 270 valence electrons. The van der Waals surface area contributed by atoms with Crippen LogP contribution in [0, 0.1) is 11.3 Å². The molecule has 8 aromatic carbocycles. The minimum atomic E-state index is 0.508. The highest BCUT2D eigenvalue weighted by molar-refractivity contribution is 6.26. The van der Waals surface area contributed by atoms with E-state index < -0.39 is 0 Å². The lowest BCUT2D eigenvalue weighted by molar-refractivity contribution is 1.07. The highest BCUT2D eigenvalue weighted by Gasteiger charge is 2.22. The topological polar surface area (TPSA) is 72.3 Å². The molecule has 0 saturated heterocycles. The Bertz CT molecular complexity index is 3320. The summed E-state index contributed by atoms with van der Waals surface area (Å²) in [6, 6.07) is 69.1. The normalized spacial score (nSPS) is 11.4. The predicted molar refractivity (Wildman–Crippen MR) is 235 cm³/mol. The molecule has 6 nitrogen and oxygen atoms in total. The molecule has 6 heteroatoms. The molecule has 3 aromatic heterocycles. The summed E-state index contributed by atoms with van der Waals surface area (Å²) in [5.74, 6) is 1.66. The first kappa shape index (κ1) is 33.2. The molecule has 0 aliphatic heterocycles. The van der Waals surface area contributed by atoms with Crippen LogP contribution in [0.25, 0.3) is 100 Å². The molecule has 58 heavy (non-hydrogen) atoms. The number of nitriles is 1. The van der Waals surface area contributed by atoms with Gasteiger partial charge in [-0.1, -0.05) is 140 Å². The molecule has 0 radical (unpaired) electrons. The van der Waals surface area contributed by atoms with E-state index in [1.165, 1.54) is 10.8 Å². The Labute approximate surface area is 334 Å². The summed E-state index contributed by atoms with van der Waals surface area (Å²) in [5, 5.41) is 15.4. The van der Waals surface area contributed by atoms with Crippen LogP contribution in [0.1, 0.15) is 5.56 Å². The molecular weight excluding hydrogens is 709 g/mol. The van der Waals surface area contributed by atoms with Gasteiger partial charge in [0, 0.05) is 49.6 Å². The van der Waals surface area contributed by atoms with Gasteiger partial charge in [-0.3, -0.25) is 0 Å². The number of fused-ring (bicyclic) bond motifs is 7. The number of para-hydroxylation sites is 3. The van der Waals surface area contributed by atoms with Gasteiger partial charge >= 0.3 is 0 Å².